The Labute approximate surface area is 190 Å². The highest BCUT2D eigenvalue weighted by molar-refractivity contribution is 7.10. The first kappa shape index (κ1) is 20.7. The van der Waals surface area contributed by atoms with Crippen LogP contribution in [0, 0.1) is 5.92 Å². The lowest BCUT2D eigenvalue weighted by molar-refractivity contribution is -0.133. The van der Waals surface area contributed by atoms with E-state index >= 15 is 0 Å². The number of fused-ring (bicyclic) bond motifs is 4. The van der Waals surface area contributed by atoms with E-state index in [2.05, 4.69) is 5.32 Å². The van der Waals surface area contributed by atoms with Crippen LogP contribution in [0.3, 0.4) is 0 Å². The van der Waals surface area contributed by atoms with Crippen molar-refractivity contribution in [2.75, 3.05) is 18.4 Å². The molecule has 0 aliphatic carbocycles. The van der Waals surface area contributed by atoms with E-state index < -0.39 is 0 Å². The van der Waals surface area contributed by atoms with E-state index in [9.17, 15) is 14.4 Å². The molecule has 0 saturated carbocycles. The predicted octanol–water partition coefficient (Wildman–Crippen LogP) is 3.28. The van der Waals surface area contributed by atoms with Crippen LogP contribution in [-0.4, -0.2) is 34.4 Å². The van der Waals surface area contributed by atoms with E-state index in [-0.39, 0.29) is 35.6 Å². The summed E-state index contributed by atoms with van der Waals surface area (Å²) in [5.74, 6) is 0.357. The molecule has 1 saturated heterocycles. The van der Waals surface area contributed by atoms with E-state index in [1.165, 1.54) is 0 Å². The summed E-state index contributed by atoms with van der Waals surface area (Å²) >= 11 is 1.61. The third kappa shape index (κ3) is 4.25. The molecule has 2 aliphatic heterocycles. The highest BCUT2D eigenvalue weighted by Gasteiger charge is 2.36. The smallest absolute Gasteiger partial charge is 0.274 e. The molecule has 4 heterocycles. The lowest BCUT2D eigenvalue weighted by Crippen LogP contribution is -2.49. The van der Waals surface area contributed by atoms with Gasteiger partial charge in [-0.05, 0) is 41.5 Å². The largest absolute Gasteiger partial charge is 0.341 e. The van der Waals surface area contributed by atoms with Gasteiger partial charge in [0.1, 0.15) is 5.69 Å². The number of carbonyl (C=O) groups excluding carboxylic acids is 2. The van der Waals surface area contributed by atoms with Gasteiger partial charge in [-0.3, -0.25) is 14.4 Å². The average Bonchev–Trinajstić information content (AvgIpc) is 3.29. The van der Waals surface area contributed by atoms with Crippen LogP contribution in [0.4, 0.5) is 5.69 Å². The zero-order valence-electron chi connectivity index (χ0n) is 17.7. The lowest BCUT2D eigenvalue weighted by Gasteiger charge is -2.43. The molecular formula is C25H25N3O3S. The lowest BCUT2D eigenvalue weighted by atomic mass is 9.83. The maximum absolute atomic E-state index is 13.1. The van der Waals surface area contributed by atoms with Crippen LogP contribution < -0.4 is 10.9 Å². The Balaban J connectivity index is 1.30. The minimum Gasteiger partial charge on any atom is -0.341 e. The molecule has 5 rings (SSSR count). The molecule has 32 heavy (non-hydrogen) atoms. The third-order valence-corrected chi connectivity index (χ3v) is 7.22. The van der Waals surface area contributed by atoms with Gasteiger partial charge in [-0.15, -0.1) is 11.3 Å². The summed E-state index contributed by atoms with van der Waals surface area (Å²) in [4.78, 5) is 41.4. The van der Waals surface area contributed by atoms with Gasteiger partial charge >= 0.3 is 0 Å². The maximum Gasteiger partial charge on any atom is 0.274 e. The van der Waals surface area contributed by atoms with Crippen molar-refractivity contribution in [3.8, 4) is 0 Å². The van der Waals surface area contributed by atoms with Gasteiger partial charge in [0.25, 0.3) is 5.56 Å². The van der Waals surface area contributed by atoms with E-state index in [0.29, 0.717) is 31.7 Å². The fourth-order valence-electron chi connectivity index (χ4n) is 4.89. The molecule has 1 N–H and O–H groups in total. The SMILES string of the molecule is O=C(Cc1ccccc1)Nc1ccc2n(c1=O)C[C@H]1C[C@@H]2CN(C(=O)Cc2cccs2)C1. The molecule has 6 nitrogen and oxygen atoms in total. The number of hydrogen-bond acceptors (Lipinski definition) is 4. The summed E-state index contributed by atoms with van der Waals surface area (Å²) in [7, 11) is 0. The molecule has 3 aromatic rings. The van der Waals surface area contributed by atoms with E-state index in [0.717, 1.165) is 22.6 Å². The highest BCUT2D eigenvalue weighted by Crippen LogP contribution is 2.35. The van der Waals surface area contributed by atoms with Gasteiger partial charge in [0.15, 0.2) is 0 Å². The Morgan fingerprint density at radius 2 is 1.81 bits per heavy atom. The molecule has 1 aromatic carbocycles. The van der Waals surface area contributed by atoms with Crippen molar-refractivity contribution in [1.29, 1.82) is 0 Å². The standard InChI is InChI=1S/C25H25N3O3S/c29-23(12-17-5-2-1-3-6-17)26-21-8-9-22-19-11-18(15-28(22)25(21)31)14-27(16-19)24(30)13-20-7-4-10-32-20/h1-10,18-19H,11-16H2,(H,26,29)/t18-,19+/m0/s1. The van der Waals surface area contributed by atoms with Gasteiger partial charge < -0.3 is 14.8 Å². The van der Waals surface area contributed by atoms with Gasteiger partial charge in [0, 0.05) is 36.1 Å². The third-order valence-electron chi connectivity index (χ3n) is 6.34. The van der Waals surface area contributed by atoms with Gasteiger partial charge in [-0.25, -0.2) is 0 Å². The second-order valence-electron chi connectivity index (χ2n) is 8.65. The first-order chi connectivity index (χ1) is 15.6. The number of likely N-dealkylation sites (tertiary alicyclic amines) is 1. The number of nitrogens with one attached hydrogen (secondary N) is 1. The number of piperidine rings is 1. The first-order valence-corrected chi connectivity index (χ1v) is 11.8. The van der Waals surface area contributed by atoms with Gasteiger partial charge in [-0.1, -0.05) is 36.4 Å². The summed E-state index contributed by atoms with van der Waals surface area (Å²) in [6.07, 6.45) is 1.66. The molecular weight excluding hydrogens is 422 g/mol. The summed E-state index contributed by atoms with van der Waals surface area (Å²) in [5, 5.41) is 4.78. The fourth-order valence-corrected chi connectivity index (χ4v) is 5.59. The Morgan fingerprint density at radius 3 is 2.59 bits per heavy atom. The molecule has 0 unspecified atom stereocenters. The summed E-state index contributed by atoms with van der Waals surface area (Å²) in [6, 6.07) is 17.1. The van der Waals surface area contributed by atoms with Crippen LogP contribution in [-0.2, 0) is 29.0 Å². The van der Waals surface area contributed by atoms with Gasteiger partial charge in [-0.2, -0.15) is 0 Å². The second-order valence-corrected chi connectivity index (χ2v) is 9.68. The van der Waals surface area contributed by atoms with Gasteiger partial charge in [0.05, 0.1) is 12.8 Å². The molecule has 0 spiro atoms. The van der Waals surface area contributed by atoms with Crippen molar-refractivity contribution in [2.24, 2.45) is 5.92 Å². The summed E-state index contributed by atoms with van der Waals surface area (Å²) in [6.45, 7) is 1.90. The average molecular weight is 448 g/mol. The molecule has 7 heteroatoms. The topological polar surface area (TPSA) is 71.4 Å². The van der Waals surface area contributed by atoms with Crippen molar-refractivity contribution in [1.82, 2.24) is 9.47 Å². The minimum atomic E-state index is -0.199. The molecule has 0 radical (unpaired) electrons. The number of anilines is 1. The van der Waals surface area contributed by atoms with Crippen molar-refractivity contribution in [3.05, 3.63) is 86.5 Å². The monoisotopic (exact) mass is 447 g/mol. The van der Waals surface area contributed by atoms with Crippen LogP contribution in [0.15, 0.2) is 64.8 Å². The van der Waals surface area contributed by atoms with Crippen molar-refractivity contribution in [3.63, 3.8) is 0 Å². The zero-order valence-corrected chi connectivity index (χ0v) is 18.5. The van der Waals surface area contributed by atoms with E-state index in [1.54, 1.807) is 22.0 Å². The number of pyridine rings is 1. The van der Waals surface area contributed by atoms with Crippen LogP contribution >= 0.6 is 11.3 Å². The number of amides is 2. The Bertz CT molecular complexity index is 1190. The Kier molecular flexibility index (Phi) is 5.66. The fraction of sp³-hybridized carbons (Fsp3) is 0.320. The van der Waals surface area contributed by atoms with E-state index in [1.807, 2.05) is 58.8 Å². The Hall–Kier alpha value is -3.19. The zero-order chi connectivity index (χ0) is 22.1. The highest BCUT2D eigenvalue weighted by atomic mass is 32.1. The van der Waals surface area contributed by atoms with Crippen LogP contribution in [0.5, 0.6) is 0 Å². The summed E-state index contributed by atoms with van der Waals surface area (Å²) < 4.78 is 1.80. The van der Waals surface area contributed by atoms with Crippen molar-refractivity contribution < 1.29 is 9.59 Å². The molecule has 2 atom stereocenters. The van der Waals surface area contributed by atoms with E-state index in [4.69, 9.17) is 0 Å². The van der Waals surface area contributed by atoms with Crippen LogP contribution in [0.25, 0.3) is 0 Å². The number of aromatic nitrogens is 1. The molecule has 2 amide bonds. The maximum atomic E-state index is 13.1. The number of thiophene rings is 1. The van der Waals surface area contributed by atoms with Crippen LogP contribution in [0.2, 0.25) is 0 Å². The van der Waals surface area contributed by atoms with Crippen LogP contribution in [0.1, 0.15) is 28.5 Å². The minimum absolute atomic E-state index is 0.150. The van der Waals surface area contributed by atoms with Gasteiger partial charge in [0.2, 0.25) is 11.8 Å². The second kappa shape index (κ2) is 8.74. The number of hydrogen-bond donors (Lipinski definition) is 1. The number of benzene rings is 1. The van der Waals surface area contributed by atoms with Crippen molar-refractivity contribution in [2.45, 2.75) is 31.7 Å². The Morgan fingerprint density at radius 1 is 0.969 bits per heavy atom. The first-order valence-electron chi connectivity index (χ1n) is 10.9. The molecule has 2 bridgehead atoms. The molecule has 164 valence electrons. The summed E-state index contributed by atoms with van der Waals surface area (Å²) in [5.41, 5.74) is 2.03. The quantitative estimate of drug-likeness (QED) is 0.653. The number of nitrogens with zero attached hydrogens (tertiary/aromatic N) is 2. The molecule has 2 aromatic heterocycles. The number of carbonyl (C=O) groups is 2. The normalized spacial score (nSPS) is 19.3. The van der Waals surface area contributed by atoms with Crippen molar-refractivity contribution >= 4 is 28.8 Å². The number of rotatable bonds is 5. The molecule has 1 fully saturated rings. The molecule has 2 aliphatic rings. The predicted molar refractivity (Wildman–Crippen MR) is 125 cm³/mol.